The van der Waals surface area contributed by atoms with Crippen LogP contribution in [0.5, 0.6) is 0 Å². The molecule has 9 heteroatoms. The van der Waals surface area contributed by atoms with Crippen molar-refractivity contribution in [3.8, 4) is 16.9 Å². The van der Waals surface area contributed by atoms with Crippen molar-refractivity contribution in [2.24, 2.45) is 0 Å². The van der Waals surface area contributed by atoms with Crippen LogP contribution in [0.4, 0.5) is 0 Å². The van der Waals surface area contributed by atoms with Gasteiger partial charge in [-0.25, -0.2) is 4.68 Å². The number of nitrogens with zero attached hydrogens (tertiary/aromatic N) is 4. The molecule has 1 aromatic carbocycles. The van der Waals surface area contributed by atoms with E-state index in [2.05, 4.69) is 4.98 Å². The summed E-state index contributed by atoms with van der Waals surface area (Å²) in [5.41, 5.74) is 3.38. The number of pyridine rings is 1. The minimum atomic E-state index is -0.801. The lowest BCUT2D eigenvalue weighted by atomic mass is 10.1. The second-order valence-corrected chi connectivity index (χ2v) is 9.16. The third kappa shape index (κ3) is 5.55. The minimum Gasteiger partial charge on any atom is -0.481 e. The van der Waals surface area contributed by atoms with Crippen LogP contribution >= 0.6 is 24.0 Å². The fourth-order valence-corrected chi connectivity index (χ4v) is 4.80. The lowest BCUT2D eigenvalue weighted by Crippen LogP contribution is -2.29. The highest BCUT2D eigenvalue weighted by Crippen LogP contribution is 2.35. The average Bonchev–Trinajstić information content (AvgIpc) is 3.36. The highest BCUT2D eigenvalue weighted by atomic mass is 32.2. The van der Waals surface area contributed by atoms with Gasteiger partial charge in [0.2, 0.25) is 0 Å². The molecule has 0 radical (unpaired) electrons. The second kappa shape index (κ2) is 10.5. The molecule has 1 fully saturated rings. The Morgan fingerprint density at radius 2 is 1.85 bits per heavy atom. The number of thioether (sulfide) groups is 1. The highest BCUT2D eigenvalue weighted by molar-refractivity contribution is 8.26. The van der Waals surface area contributed by atoms with Gasteiger partial charge in [0.05, 0.1) is 10.6 Å². The van der Waals surface area contributed by atoms with Gasteiger partial charge in [-0.05, 0) is 43.2 Å². The molecule has 33 heavy (non-hydrogen) atoms. The van der Waals surface area contributed by atoms with E-state index in [4.69, 9.17) is 22.4 Å². The Morgan fingerprint density at radius 1 is 1.09 bits per heavy atom. The van der Waals surface area contributed by atoms with E-state index in [1.54, 1.807) is 22.0 Å². The summed E-state index contributed by atoms with van der Waals surface area (Å²) in [7, 11) is 0. The van der Waals surface area contributed by atoms with Gasteiger partial charge in [0.15, 0.2) is 0 Å². The highest BCUT2D eigenvalue weighted by Gasteiger charge is 2.32. The quantitative estimate of drug-likeness (QED) is 0.269. The number of hydrogen-bond donors (Lipinski definition) is 1. The molecule has 0 bridgehead atoms. The van der Waals surface area contributed by atoms with Crippen molar-refractivity contribution >= 4 is 46.3 Å². The van der Waals surface area contributed by atoms with E-state index in [9.17, 15) is 9.59 Å². The Kier molecular flexibility index (Phi) is 7.31. The van der Waals surface area contributed by atoms with Gasteiger partial charge in [-0.3, -0.25) is 19.5 Å². The zero-order valence-electron chi connectivity index (χ0n) is 17.8. The normalized spacial score (nSPS) is 14.9. The number of unbranched alkanes of at least 4 members (excludes halogenated alkanes) is 2. The maximum absolute atomic E-state index is 13.0. The number of aromatic nitrogens is 3. The Bertz CT molecular complexity index is 1190. The molecule has 1 aliphatic rings. The van der Waals surface area contributed by atoms with Crippen molar-refractivity contribution in [2.45, 2.75) is 25.7 Å². The fourth-order valence-electron chi connectivity index (χ4n) is 3.50. The summed E-state index contributed by atoms with van der Waals surface area (Å²) in [5, 5.41) is 13.5. The van der Waals surface area contributed by atoms with Crippen LogP contribution in [0, 0.1) is 0 Å². The molecular weight excluding hydrogens is 456 g/mol. The first kappa shape index (κ1) is 22.9. The third-order valence-corrected chi connectivity index (χ3v) is 6.53. The zero-order chi connectivity index (χ0) is 23.2. The standard InChI is InChI=1S/C24H22N4O3S2/c29-21(30)9-5-2-6-14-27-23(31)20(33-24(27)32)15-18-16-28(19-7-3-1-4-8-19)26-22(18)17-10-12-25-13-11-17/h1,3-4,7-8,10-13,15-16H,2,5-6,9,14H2,(H,29,30)/b20-15-. The number of hydrogen-bond acceptors (Lipinski definition) is 6. The van der Waals surface area contributed by atoms with Crippen LogP contribution in [0.15, 0.2) is 66.0 Å². The molecule has 0 aliphatic carbocycles. The maximum atomic E-state index is 13.0. The minimum absolute atomic E-state index is 0.128. The van der Waals surface area contributed by atoms with Crippen LogP contribution in [0.25, 0.3) is 23.0 Å². The van der Waals surface area contributed by atoms with E-state index in [1.165, 1.54) is 11.8 Å². The first-order valence-electron chi connectivity index (χ1n) is 10.6. The summed E-state index contributed by atoms with van der Waals surface area (Å²) in [4.78, 5) is 29.9. The van der Waals surface area contributed by atoms with Crippen molar-refractivity contribution < 1.29 is 14.7 Å². The van der Waals surface area contributed by atoms with E-state index in [-0.39, 0.29) is 12.3 Å². The number of thiocarbonyl (C=S) groups is 1. The van der Waals surface area contributed by atoms with Crippen molar-refractivity contribution in [2.75, 3.05) is 6.54 Å². The van der Waals surface area contributed by atoms with Gasteiger partial charge in [-0.15, -0.1) is 0 Å². The van der Waals surface area contributed by atoms with E-state index < -0.39 is 5.97 Å². The van der Waals surface area contributed by atoms with Crippen LogP contribution in [0.2, 0.25) is 0 Å². The first-order valence-corrected chi connectivity index (χ1v) is 11.8. The van der Waals surface area contributed by atoms with Gasteiger partial charge in [-0.2, -0.15) is 5.10 Å². The molecule has 7 nitrogen and oxygen atoms in total. The molecule has 0 unspecified atom stereocenters. The topological polar surface area (TPSA) is 88.3 Å². The number of para-hydroxylation sites is 1. The third-order valence-electron chi connectivity index (χ3n) is 5.15. The summed E-state index contributed by atoms with van der Waals surface area (Å²) >= 11 is 6.72. The maximum Gasteiger partial charge on any atom is 0.303 e. The van der Waals surface area contributed by atoms with Gasteiger partial charge in [0.25, 0.3) is 5.91 Å². The van der Waals surface area contributed by atoms with Gasteiger partial charge in [0, 0.05) is 42.7 Å². The number of rotatable bonds is 9. The largest absolute Gasteiger partial charge is 0.481 e. The van der Waals surface area contributed by atoms with E-state index in [1.807, 2.05) is 54.7 Å². The predicted octanol–water partition coefficient (Wildman–Crippen LogP) is 4.78. The van der Waals surface area contributed by atoms with Crippen LogP contribution in [0.1, 0.15) is 31.2 Å². The molecule has 1 amide bonds. The number of amides is 1. The number of carboxylic acid groups (broad SMARTS) is 1. The lowest BCUT2D eigenvalue weighted by molar-refractivity contribution is -0.137. The number of benzene rings is 1. The number of carbonyl (C=O) groups excluding carboxylic acids is 1. The molecule has 0 spiro atoms. The van der Waals surface area contributed by atoms with Crippen LogP contribution < -0.4 is 0 Å². The predicted molar refractivity (Wildman–Crippen MR) is 133 cm³/mol. The molecule has 4 rings (SSSR count). The Hall–Kier alpha value is -3.30. The average molecular weight is 479 g/mol. The Balaban J connectivity index is 1.57. The van der Waals surface area contributed by atoms with Gasteiger partial charge in [-0.1, -0.05) is 48.6 Å². The van der Waals surface area contributed by atoms with Crippen molar-refractivity contribution in [1.29, 1.82) is 0 Å². The first-order chi connectivity index (χ1) is 16.0. The van der Waals surface area contributed by atoms with Crippen LogP contribution in [-0.2, 0) is 9.59 Å². The molecule has 3 heterocycles. The number of aliphatic carboxylic acids is 1. The second-order valence-electron chi connectivity index (χ2n) is 7.49. The van der Waals surface area contributed by atoms with E-state index >= 15 is 0 Å². The molecule has 168 valence electrons. The summed E-state index contributed by atoms with van der Waals surface area (Å²) < 4.78 is 2.32. The SMILES string of the molecule is O=C(O)CCCCCN1C(=O)/C(=C/c2cn(-c3ccccc3)nc2-c2ccncc2)SC1=S. The van der Waals surface area contributed by atoms with E-state index in [0.717, 1.165) is 28.9 Å². The number of carboxylic acids is 1. The van der Waals surface area contributed by atoms with Crippen molar-refractivity contribution in [1.82, 2.24) is 19.7 Å². The molecule has 0 saturated carbocycles. The molecular formula is C24H22N4O3S2. The molecule has 0 atom stereocenters. The van der Waals surface area contributed by atoms with Crippen molar-refractivity contribution in [3.05, 3.63) is 71.5 Å². The summed E-state index contributed by atoms with van der Waals surface area (Å²) in [5.74, 6) is -0.930. The van der Waals surface area contributed by atoms with Crippen molar-refractivity contribution in [3.63, 3.8) is 0 Å². The summed E-state index contributed by atoms with van der Waals surface area (Å²) in [6, 6.07) is 13.6. The van der Waals surface area contributed by atoms with Gasteiger partial charge in [0.1, 0.15) is 10.0 Å². The van der Waals surface area contributed by atoms with Gasteiger partial charge < -0.3 is 5.11 Å². The molecule has 1 saturated heterocycles. The Morgan fingerprint density at radius 3 is 2.58 bits per heavy atom. The number of carbonyl (C=O) groups is 2. The molecule has 3 aromatic rings. The molecule has 2 aromatic heterocycles. The van der Waals surface area contributed by atoms with Gasteiger partial charge >= 0.3 is 5.97 Å². The summed E-state index contributed by atoms with van der Waals surface area (Å²) in [6.45, 7) is 0.488. The summed E-state index contributed by atoms with van der Waals surface area (Å²) in [6.07, 6.45) is 9.35. The Labute approximate surface area is 201 Å². The smallest absolute Gasteiger partial charge is 0.303 e. The van der Waals surface area contributed by atoms with Crippen LogP contribution in [0.3, 0.4) is 0 Å². The van der Waals surface area contributed by atoms with Crippen LogP contribution in [-0.4, -0.2) is 47.5 Å². The monoisotopic (exact) mass is 478 g/mol. The zero-order valence-corrected chi connectivity index (χ0v) is 19.4. The fraction of sp³-hybridized carbons (Fsp3) is 0.208. The molecule has 1 N–H and O–H groups in total. The van der Waals surface area contributed by atoms with E-state index in [0.29, 0.717) is 28.6 Å². The molecule has 1 aliphatic heterocycles. The lowest BCUT2D eigenvalue weighted by Gasteiger charge is -2.13.